The van der Waals surface area contributed by atoms with E-state index in [1.165, 1.54) is 36.0 Å². The maximum Gasteiger partial charge on any atom is 0.191 e. The minimum Gasteiger partial charge on any atom is -0.356 e. The summed E-state index contributed by atoms with van der Waals surface area (Å²) in [4.78, 5) is 6.63. The van der Waals surface area contributed by atoms with Crippen molar-refractivity contribution in [2.75, 3.05) is 27.7 Å². The molecule has 0 aromatic heterocycles. The Labute approximate surface area is 186 Å². The van der Waals surface area contributed by atoms with Gasteiger partial charge in [-0.2, -0.15) is 0 Å². The molecule has 152 valence electrons. The summed E-state index contributed by atoms with van der Waals surface area (Å²) >= 11 is 0. The molecule has 2 aromatic rings. The lowest BCUT2D eigenvalue weighted by atomic mass is 9.64. The number of hydrogen-bond donors (Lipinski definition) is 2. The molecule has 0 unspecified atom stereocenters. The van der Waals surface area contributed by atoms with Crippen molar-refractivity contribution < 1.29 is 0 Å². The van der Waals surface area contributed by atoms with Crippen LogP contribution in [-0.4, -0.2) is 38.5 Å². The van der Waals surface area contributed by atoms with Crippen LogP contribution in [0.25, 0.3) is 0 Å². The fourth-order valence-corrected chi connectivity index (χ4v) is 3.84. The molecule has 0 aliphatic heterocycles. The van der Waals surface area contributed by atoms with E-state index < -0.39 is 0 Å². The molecule has 0 bridgehead atoms. The first kappa shape index (κ1) is 22.7. The minimum absolute atomic E-state index is 0. The summed E-state index contributed by atoms with van der Waals surface area (Å²) in [6.45, 7) is 2.65. The smallest absolute Gasteiger partial charge is 0.191 e. The van der Waals surface area contributed by atoms with Gasteiger partial charge in [-0.25, -0.2) is 0 Å². The highest BCUT2D eigenvalue weighted by Crippen LogP contribution is 2.43. The van der Waals surface area contributed by atoms with Gasteiger partial charge in [0.2, 0.25) is 0 Å². The third-order valence-corrected chi connectivity index (χ3v) is 5.57. The molecule has 5 heteroatoms. The van der Waals surface area contributed by atoms with Gasteiger partial charge >= 0.3 is 0 Å². The molecular formula is C23H33IN4. The molecule has 0 spiro atoms. The number of nitrogens with one attached hydrogen (secondary N) is 2. The molecular weight excluding hydrogens is 459 g/mol. The monoisotopic (exact) mass is 492 g/mol. The Balaban J connectivity index is 0.00000280. The Morgan fingerprint density at radius 3 is 2.18 bits per heavy atom. The highest BCUT2D eigenvalue weighted by atomic mass is 127. The molecule has 2 aromatic carbocycles. The lowest BCUT2D eigenvalue weighted by Gasteiger charge is -2.43. The van der Waals surface area contributed by atoms with Crippen molar-refractivity contribution >= 4 is 29.9 Å². The lowest BCUT2D eigenvalue weighted by Crippen LogP contribution is -2.48. The fourth-order valence-electron chi connectivity index (χ4n) is 3.84. The van der Waals surface area contributed by atoms with Crippen molar-refractivity contribution in [1.29, 1.82) is 0 Å². The van der Waals surface area contributed by atoms with Crippen molar-refractivity contribution in [3.8, 4) is 0 Å². The van der Waals surface area contributed by atoms with Gasteiger partial charge in [-0.3, -0.25) is 4.99 Å². The first-order valence-electron chi connectivity index (χ1n) is 9.84. The molecule has 2 N–H and O–H groups in total. The largest absolute Gasteiger partial charge is 0.356 e. The van der Waals surface area contributed by atoms with Crippen molar-refractivity contribution in [2.45, 2.75) is 37.8 Å². The van der Waals surface area contributed by atoms with Gasteiger partial charge in [-0.1, -0.05) is 61.0 Å². The Morgan fingerprint density at radius 1 is 0.964 bits per heavy atom. The van der Waals surface area contributed by atoms with Crippen LogP contribution >= 0.6 is 24.0 Å². The Kier molecular flexibility index (Phi) is 8.76. The number of nitrogens with zero attached hydrogens (tertiary/aromatic N) is 2. The standard InChI is InChI=1S/C23H32N4.HI/c1-24-22(25-16-19-10-7-8-11-20(19)17-27(2)3)26-18-23(14-9-15-23)21-12-5-4-6-13-21;/h4-8,10-13H,9,14-18H2,1-3H3,(H2,24,25,26);1H. The van der Waals surface area contributed by atoms with Crippen LogP contribution in [0.2, 0.25) is 0 Å². The zero-order chi connectivity index (χ0) is 19.1. The number of halogens is 1. The molecule has 0 amide bonds. The Morgan fingerprint density at radius 2 is 1.61 bits per heavy atom. The molecule has 4 nitrogen and oxygen atoms in total. The number of benzene rings is 2. The fraction of sp³-hybridized carbons (Fsp3) is 0.435. The second kappa shape index (κ2) is 10.8. The molecule has 0 atom stereocenters. The Bertz CT molecular complexity index is 754. The summed E-state index contributed by atoms with van der Waals surface area (Å²) in [7, 11) is 6.05. The van der Waals surface area contributed by atoms with Gasteiger partial charge in [-0.05, 0) is 43.6 Å². The predicted octanol–water partition coefficient (Wildman–Crippen LogP) is 4.15. The maximum atomic E-state index is 4.43. The Hall–Kier alpha value is -1.60. The van der Waals surface area contributed by atoms with Crippen LogP contribution in [0.4, 0.5) is 0 Å². The van der Waals surface area contributed by atoms with Crippen LogP contribution in [-0.2, 0) is 18.5 Å². The van der Waals surface area contributed by atoms with Crippen molar-refractivity contribution in [3.63, 3.8) is 0 Å². The van der Waals surface area contributed by atoms with Crippen LogP contribution in [0, 0.1) is 0 Å². The first-order valence-corrected chi connectivity index (χ1v) is 9.84. The minimum atomic E-state index is 0. The molecule has 0 radical (unpaired) electrons. The average Bonchev–Trinajstić information content (AvgIpc) is 2.65. The summed E-state index contributed by atoms with van der Waals surface area (Å²) in [6, 6.07) is 19.5. The highest BCUT2D eigenvalue weighted by molar-refractivity contribution is 14.0. The topological polar surface area (TPSA) is 39.7 Å². The van der Waals surface area contributed by atoms with E-state index in [4.69, 9.17) is 0 Å². The molecule has 1 aliphatic rings. The summed E-state index contributed by atoms with van der Waals surface area (Å²) in [5.74, 6) is 0.872. The van der Waals surface area contributed by atoms with Crippen molar-refractivity contribution in [3.05, 3.63) is 71.3 Å². The van der Waals surface area contributed by atoms with Gasteiger partial charge < -0.3 is 15.5 Å². The van der Waals surface area contributed by atoms with Crippen molar-refractivity contribution in [2.24, 2.45) is 4.99 Å². The molecule has 28 heavy (non-hydrogen) atoms. The van der Waals surface area contributed by atoms with E-state index >= 15 is 0 Å². The van der Waals surface area contributed by atoms with Gasteiger partial charge in [0.05, 0.1) is 0 Å². The summed E-state index contributed by atoms with van der Waals surface area (Å²) in [5, 5.41) is 7.06. The first-order chi connectivity index (χ1) is 13.1. The van der Waals surface area contributed by atoms with Crippen LogP contribution in [0.15, 0.2) is 59.6 Å². The van der Waals surface area contributed by atoms with Crippen LogP contribution in [0.5, 0.6) is 0 Å². The molecule has 0 saturated heterocycles. The van der Waals surface area contributed by atoms with Crippen molar-refractivity contribution in [1.82, 2.24) is 15.5 Å². The predicted molar refractivity (Wildman–Crippen MR) is 129 cm³/mol. The van der Waals surface area contributed by atoms with E-state index in [0.717, 1.165) is 25.6 Å². The third-order valence-electron chi connectivity index (χ3n) is 5.57. The zero-order valence-corrected chi connectivity index (χ0v) is 19.6. The average molecular weight is 492 g/mol. The number of guanidine groups is 1. The van der Waals surface area contributed by atoms with Crippen LogP contribution in [0.3, 0.4) is 0 Å². The van der Waals surface area contributed by atoms with E-state index in [2.05, 4.69) is 89.2 Å². The van der Waals surface area contributed by atoms with Crippen LogP contribution in [0.1, 0.15) is 36.0 Å². The highest BCUT2D eigenvalue weighted by Gasteiger charge is 2.38. The molecule has 0 heterocycles. The van der Waals surface area contributed by atoms with Gasteiger partial charge in [0.25, 0.3) is 0 Å². The zero-order valence-electron chi connectivity index (χ0n) is 17.2. The second-order valence-electron chi connectivity index (χ2n) is 7.79. The molecule has 1 saturated carbocycles. The maximum absolute atomic E-state index is 4.43. The molecule has 1 fully saturated rings. The lowest BCUT2D eigenvalue weighted by molar-refractivity contribution is 0.244. The van der Waals surface area contributed by atoms with E-state index in [1.807, 2.05) is 7.05 Å². The third kappa shape index (κ3) is 5.70. The summed E-state index contributed by atoms with van der Waals surface area (Å²) in [6.07, 6.45) is 3.79. The van der Waals surface area contributed by atoms with Gasteiger partial charge in [0.15, 0.2) is 5.96 Å². The summed E-state index contributed by atoms with van der Waals surface area (Å²) in [5.41, 5.74) is 4.36. The van der Waals surface area contributed by atoms with Gasteiger partial charge in [0.1, 0.15) is 0 Å². The van der Waals surface area contributed by atoms with Gasteiger partial charge in [-0.15, -0.1) is 24.0 Å². The quantitative estimate of drug-likeness (QED) is 0.347. The number of hydrogen-bond acceptors (Lipinski definition) is 2. The van der Waals surface area contributed by atoms with E-state index in [9.17, 15) is 0 Å². The normalized spacial score (nSPS) is 15.5. The summed E-state index contributed by atoms with van der Waals surface area (Å²) < 4.78 is 0. The number of rotatable bonds is 7. The molecule has 3 rings (SSSR count). The van der Waals surface area contributed by atoms with Crippen LogP contribution < -0.4 is 10.6 Å². The second-order valence-corrected chi connectivity index (χ2v) is 7.79. The van der Waals surface area contributed by atoms with Gasteiger partial charge in [0, 0.05) is 32.1 Å². The SMILES string of the molecule is CN=C(NCc1ccccc1CN(C)C)NCC1(c2ccccc2)CCC1.I. The molecule has 1 aliphatic carbocycles. The van der Waals surface area contributed by atoms with E-state index in [0.29, 0.717) is 0 Å². The van der Waals surface area contributed by atoms with E-state index in [1.54, 1.807) is 0 Å². The number of aliphatic imine (C=N–C) groups is 1. The van der Waals surface area contributed by atoms with E-state index in [-0.39, 0.29) is 29.4 Å².